The van der Waals surface area contributed by atoms with Gasteiger partial charge in [0.25, 0.3) is 5.22 Å². The maximum Gasteiger partial charge on any atom is 0.277 e. The normalized spacial score (nSPS) is 12.8. The van der Waals surface area contributed by atoms with Gasteiger partial charge in [0.15, 0.2) is 0 Å². The second kappa shape index (κ2) is 8.68. The van der Waals surface area contributed by atoms with Crippen LogP contribution in [-0.2, 0) is 17.6 Å². The number of nitriles is 1. The van der Waals surface area contributed by atoms with E-state index in [4.69, 9.17) is 9.15 Å². The van der Waals surface area contributed by atoms with Crippen molar-refractivity contribution >= 4 is 34.0 Å². The van der Waals surface area contributed by atoms with Crippen LogP contribution in [0.3, 0.4) is 0 Å². The lowest BCUT2D eigenvalue weighted by molar-refractivity contribution is -0.113. The summed E-state index contributed by atoms with van der Waals surface area (Å²) in [5.74, 6) is 1.05. The molecule has 0 bridgehead atoms. The highest BCUT2D eigenvalue weighted by atomic mass is 32.2. The summed E-state index contributed by atoms with van der Waals surface area (Å²) in [4.78, 5) is 13.6. The molecule has 0 aliphatic heterocycles. The van der Waals surface area contributed by atoms with Crippen LogP contribution in [-0.4, -0.2) is 29.0 Å². The highest BCUT2D eigenvalue weighted by Crippen LogP contribution is 2.37. The van der Waals surface area contributed by atoms with Crippen molar-refractivity contribution in [3.63, 3.8) is 0 Å². The smallest absolute Gasteiger partial charge is 0.277 e. The Morgan fingerprint density at radius 3 is 2.86 bits per heavy atom. The molecule has 0 saturated heterocycles. The third-order valence-electron chi connectivity index (χ3n) is 4.61. The molecule has 0 saturated carbocycles. The van der Waals surface area contributed by atoms with Crippen LogP contribution in [0.15, 0.2) is 33.9 Å². The first kappa shape index (κ1) is 19.5. The van der Waals surface area contributed by atoms with Crippen molar-refractivity contribution in [1.82, 2.24) is 10.2 Å². The van der Waals surface area contributed by atoms with Crippen molar-refractivity contribution < 1.29 is 13.9 Å². The summed E-state index contributed by atoms with van der Waals surface area (Å²) in [5.41, 5.74) is 2.49. The van der Waals surface area contributed by atoms with Crippen molar-refractivity contribution in [2.24, 2.45) is 0 Å². The number of carbonyl (C=O) groups is 1. The first-order valence-electron chi connectivity index (χ1n) is 9.13. The zero-order valence-electron chi connectivity index (χ0n) is 15.7. The molecule has 4 rings (SSSR count). The molecular weight excluding hydrogens is 408 g/mol. The van der Waals surface area contributed by atoms with Gasteiger partial charge in [-0.3, -0.25) is 4.79 Å². The monoisotopic (exact) mass is 426 g/mol. The number of thiophene rings is 1. The fraction of sp³-hybridized carbons (Fsp3) is 0.300. The van der Waals surface area contributed by atoms with E-state index in [1.165, 1.54) is 16.2 Å². The summed E-state index contributed by atoms with van der Waals surface area (Å²) in [6.45, 7) is 0. The average Bonchev–Trinajstić information content (AvgIpc) is 3.36. The van der Waals surface area contributed by atoms with E-state index < -0.39 is 0 Å². The second-order valence-corrected chi connectivity index (χ2v) is 8.50. The van der Waals surface area contributed by atoms with Crippen LogP contribution >= 0.6 is 23.1 Å². The SMILES string of the molecule is COc1ccc(-c2nnc(SCC(=O)Nc3sc4c(c3C#N)CCCC4)o2)cc1. The van der Waals surface area contributed by atoms with E-state index in [0.29, 0.717) is 21.7 Å². The lowest BCUT2D eigenvalue weighted by atomic mass is 9.96. The summed E-state index contributed by atoms with van der Waals surface area (Å²) in [5, 5.41) is 21.3. The number of methoxy groups -OCH3 is 1. The van der Waals surface area contributed by atoms with E-state index in [2.05, 4.69) is 21.6 Å². The number of rotatable bonds is 6. The van der Waals surface area contributed by atoms with E-state index in [0.717, 1.165) is 54.3 Å². The first-order chi connectivity index (χ1) is 14.2. The lowest BCUT2D eigenvalue weighted by Gasteiger charge is -2.09. The highest BCUT2D eigenvalue weighted by Gasteiger charge is 2.22. The molecule has 3 aromatic rings. The number of nitrogens with zero attached hydrogens (tertiary/aromatic N) is 3. The van der Waals surface area contributed by atoms with Gasteiger partial charge in [-0.25, -0.2) is 0 Å². The Hall–Kier alpha value is -2.83. The molecule has 0 spiro atoms. The van der Waals surface area contributed by atoms with Gasteiger partial charge in [0.1, 0.15) is 16.8 Å². The van der Waals surface area contributed by atoms with Crippen molar-refractivity contribution in [1.29, 1.82) is 5.26 Å². The Kier molecular flexibility index (Phi) is 5.83. The van der Waals surface area contributed by atoms with Gasteiger partial charge in [-0.2, -0.15) is 5.26 Å². The minimum absolute atomic E-state index is 0.123. The molecule has 0 unspecified atom stereocenters. The molecule has 0 atom stereocenters. The number of benzene rings is 1. The van der Waals surface area contributed by atoms with E-state index in [9.17, 15) is 10.1 Å². The van der Waals surface area contributed by atoms with E-state index in [-0.39, 0.29) is 11.7 Å². The second-order valence-electron chi connectivity index (χ2n) is 6.47. The molecule has 1 aliphatic rings. The van der Waals surface area contributed by atoms with Crippen LogP contribution in [0.4, 0.5) is 5.00 Å². The fourth-order valence-corrected chi connectivity index (χ4v) is 5.00. The standard InChI is InChI=1S/C20H18N4O3S2/c1-26-13-8-6-12(7-9-13)18-23-24-20(27-18)28-11-17(25)22-19-15(10-21)14-4-2-3-5-16(14)29-19/h6-9H,2-5,11H2,1H3,(H,22,25). The zero-order valence-corrected chi connectivity index (χ0v) is 17.4. The van der Waals surface area contributed by atoms with Crippen LogP contribution in [0, 0.1) is 11.3 Å². The molecule has 1 aromatic carbocycles. The van der Waals surface area contributed by atoms with Crippen molar-refractivity contribution in [3.8, 4) is 23.3 Å². The quantitative estimate of drug-likeness (QED) is 0.587. The number of aryl methyl sites for hydroxylation is 1. The fourth-order valence-electron chi connectivity index (χ4n) is 3.18. The number of hydrogen-bond donors (Lipinski definition) is 1. The molecule has 1 amide bonds. The molecule has 2 aromatic heterocycles. The number of hydrogen-bond acceptors (Lipinski definition) is 8. The maximum absolute atomic E-state index is 12.4. The van der Waals surface area contributed by atoms with E-state index >= 15 is 0 Å². The first-order valence-corrected chi connectivity index (χ1v) is 10.9. The van der Waals surface area contributed by atoms with Crippen LogP contribution in [0.25, 0.3) is 11.5 Å². The van der Waals surface area contributed by atoms with Gasteiger partial charge < -0.3 is 14.5 Å². The predicted octanol–water partition coefficient (Wildman–Crippen LogP) is 4.29. The van der Waals surface area contributed by atoms with Gasteiger partial charge in [0.2, 0.25) is 11.8 Å². The van der Waals surface area contributed by atoms with Crippen LogP contribution < -0.4 is 10.1 Å². The minimum Gasteiger partial charge on any atom is -0.497 e. The Labute approximate surface area is 176 Å². The molecule has 1 aliphatic carbocycles. The third kappa shape index (κ3) is 4.28. The predicted molar refractivity (Wildman–Crippen MR) is 111 cm³/mol. The molecule has 29 heavy (non-hydrogen) atoms. The minimum atomic E-state index is -0.200. The number of fused-ring (bicyclic) bond motifs is 1. The highest BCUT2D eigenvalue weighted by molar-refractivity contribution is 7.99. The van der Waals surface area contributed by atoms with Gasteiger partial charge in [0, 0.05) is 10.4 Å². The number of nitrogens with one attached hydrogen (secondary N) is 1. The topological polar surface area (TPSA) is 101 Å². The number of anilines is 1. The Bertz CT molecular complexity index is 1070. The number of carbonyl (C=O) groups excluding carboxylic acids is 1. The van der Waals surface area contributed by atoms with E-state index in [1.807, 2.05) is 24.3 Å². The summed E-state index contributed by atoms with van der Waals surface area (Å²) in [6, 6.07) is 9.53. The zero-order chi connectivity index (χ0) is 20.2. The molecule has 9 heteroatoms. The number of aromatic nitrogens is 2. The largest absolute Gasteiger partial charge is 0.497 e. The van der Waals surface area contributed by atoms with Crippen molar-refractivity contribution in [2.75, 3.05) is 18.2 Å². The summed E-state index contributed by atoms with van der Waals surface area (Å²) >= 11 is 2.68. The summed E-state index contributed by atoms with van der Waals surface area (Å²) in [7, 11) is 1.60. The average molecular weight is 427 g/mol. The summed E-state index contributed by atoms with van der Waals surface area (Å²) < 4.78 is 10.8. The van der Waals surface area contributed by atoms with Gasteiger partial charge in [-0.1, -0.05) is 11.8 Å². The molecule has 1 N–H and O–H groups in total. The van der Waals surface area contributed by atoms with Crippen molar-refractivity contribution in [2.45, 2.75) is 30.9 Å². The van der Waals surface area contributed by atoms with E-state index in [1.54, 1.807) is 7.11 Å². The molecular formula is C20H18N4O3S2. The number of ether oxygens (including phenoxy) is 1. The Balaban J connectivity index is 1.37. The molecule has 7 nitrogen and oxygen atoms in total. The third-order valence-corrected chi connectivity index (χ3v) is 6.63. The molecule has 0 radical (unpaired) electrons. The Morgan fingerprint density at radius 1 is 1.31 bits per heavy atom. The lowest BCUT2D eigenvalue weighted by Crippen LogP contribution is -2.14. The van der Waals surface area contributed by atoms with Gasteiger partial charge in [-0.05, 0) is 55.5 Å². The number of amides is 1. The summed E-state index contributed by atoms with van der Waals surface area (Å²) in [6.07, 6.45) is 4.12. The van der Waals surface area contributed by atoms with Gasteiger partial charge in [0.05, 0.1) is 18.4 Å². The molecule has 148 valence electrons. The van der Waals surface area contributed by atoms with Crippen LogP contribution in [0.1, 0.15) is 28.8 Å². The molecule has 0 fully saturated rings. The maximum atomic E-state index is 12.4. The molecule has 2 heterocycles. The van der Waals surface area contributed by atoms with Gasteiger partial charge in [-0.15, -0.1) is 21.5 Å². The number of thioether (sulfide) groups is 1. The van der Waals surface area contributed by atoms with Gasteiger partial charge >= 0.3 is 0 Å². The Morgan fingerprint density at radius 2 is 2.10 bits per heavy atom. The van der Waals surface area contributed by atoms with Crippen molar-refractivity contribution in [3.05, 3.63) is 40.3 Å². The van der Waals surface area contributed by atoms with Crippen LogP contribution in [0.2, 0.25) is 0 Å². The van der Waals surface area contributed by atoms with Crippen LogP contribution in [0.5, 0.6) is 5.75 Å².